The maximum absolute atomic E-state index is 16.5. The van der Waals surface area contributed by atoms with Crippen LogP contribution in [0, 0.1) is 35.4 Å². The molecule has 1 unspecified atom stereocenters. The second-order valence-corrected chi connectivity index (χ2v) is 13.1. The van der Waals surface area contributed by atoms with Gasteiger partial charge in [-0.05, 0) is 54.7 Å². The Kier molecular flexibility index (Phi) is 11.9. The number of alkyl carbamates (subject to hydrolysis) is 1. The summed E-state index contributed by atoms with van der Waals surface area (Å²) in [6.45, 7) is 13.7. The van der Waals surface area contributed by atoms with Crippen molar-refractivity contribution in [2.24, 2.45) is 29.6 Å². The van der Waals surface area contributed by atoms with Crippen molar-refractivity contribution in [2.45, 2.75) is 89.7 Å². The summed E-state index contributed by atoms with van der Waals surface area (Å²) in [6, 6.07) is 5.35. The number of halogens is 2. The van der Waals surface area contributed by atoms with Crippen LogP contribution in [0.1, 0.15) is 58.9 Å². The highest BCUT2D eigenvalue weighted by Crippen LogP contribution is 2.68. The van der Waals surface area contributed by atoms with Crippen LogP contribution in [0.3, 0.4) is 0 Å². The molecule has 1 amide bonds. The topological polar surface area (TPSA) is 136 Å². The Hall–Kier alpha value is -4.00. The number of carbonyl (C=O) groups excluding carboxylic acids is 4. The molecule has 1 aromatic rings. The predicted octanol–water partition coefficient (Wildman–Crippen LogP) is 5.95. The fourth-order valence-corrected chi connectivity index (χ4v) is 7.12. The van der Waals surface area contributed by atoms with Gasteiger partial charge >= 0.3 is 24.2 Å². The Morgan fingerprint density at radius 3 is 2.29 bits per heavy atom. The highest BCUT2D eigenvalue weighted by Gasteiger charge is 2.87. The molecule has 48 heavy (non-hydrogen) atoms. The van der Waals surface area contributed by atoms with Gasteiger partial charge in [0.1, 0.15) is 25.1 Å². The summed E-state index contributed by atoms with van der Waals surface area (Å²) in [7, 11) is 0. The smallest absolute Gasteiger partial charge is 0.459 e. The lowest BCUT2D eigenvalue weighted by molar-refractivity contribution is -0.186. The van der Waals surface area contributed by atoms with Crippen molar-refractivity contribution in [1.82, 2.24) is 5.32 Å². The Balaban J connectivity index is 1.59. The number of carbonyl (C=O) groups is 4. The summed E-state index contributed by atoms with van der Waals surface area (Å²) in [5.74, 6) is -4.85. The van der Waals surface area contributed by atoms with E-state index in [0.29, 0.717) is 17.9 Å². The molecule has 3 aliphatic rings. The van der Waals surface area contributed by atoms with Gasteiger partial charge in [-0.2, -0.15) is 0 Å². The number of rotatable bonds is 14. The van der Waals surface area contributed by atoms with Crippen molar-refractivity contribution < 1.29 is 56.4 Å². The van der Waals surface area contributed by atoms with Gasteiger partial charge in [0, 0.05) is 18.8 Å². The van der Waals surface area contributed by atoms with Crippen LogP contribution in [0.2, 0.25) is 0 Å². The van der Waals surface area contributed by atoms with Crippen LogP contribution in [0.5, 0.6) is 0 Å². The van der Waals surface area contributed by atoms with E-state index in [2.05, 4.69) is 39.2 Å². The Morgan fingerprint density at radius 1 is 0.979 bits per heavy atom. The van der Waals surface area contributed by atoms with Gasteiger partial charge in [0.15, 0.2) is 5.54 Å². The molecule has 11 nitrogen and oxygen atoms in total. The number of hydrogen-bond acceptors (Lipinski definition) is 10. The molecule has 0 bridgehead atoms. The average molecular weight is 678 g/mol. The molecule has 0 heterocycles. The van der Waals surface area contributed by atoms with E-state index in [0.717, 1.165) is 12.8 Å². The molecule has 13 heteroatoms. The number of alkyl halides is 1. The van der Waals surface area contributed by atoms with E-state index in [1.165, 1.54) is 43.3 Å². The quantitative estimate of drug-likeness (QED) is 0.109. The fourth-order valence-electron chi connectivity index (χ4n) is 7.12. The minimum atomic E-state index is -2.70. The monoisotopic (exact) mass is 677 g/mol. The first-order valence-electron chi connectivity index (χ1n) is 16.2. The lowest BCUT2D eigenvalue weighted by Crippen LogP contribution is -2.65. The summed E-state index contributed by atoms with van der Waals surface area (Å²) >= 11 is 0. The molecule has 9 atom stereocenters. The van der Waals surface area contributed by atoms with E-state index in [-0.39, 0.29) is 38.1 Å². The Morgan fingerprint density at radius 2 is 1.65 bits per heavy atom. The van der Waals surface area contributed by atoms with E-state index < -0.39 is 71.5 Å². The molecule has 1 N–H and O–H groups in total. The number of benzene rings is 1. The lowest BCUT2D eigenvalue weighted by Gasteiger charge is -2.38. The molecule has 4 rings (SSSR count). The van der Waals surface area contributed by atoms with Crippen LogP contribution in [-0.2, 0) is 44.6 Å². The van der Waals surface area contributed by atoms with Crippen LogP contribution in [0.4, 0.5) is 18.4 Å². The van der Waals surface area contributed by atoms with Crippen molar-refractivity contribution >= 4 is 24.2 Å². The van der Waals surface area contributed by atoms with Gasteiger partial charge in [-0.3, -0.25) is 0 Å². The zero-order valence-electron chi connectivity index (χ0n) is 27.8. The molecule has 3 fully saturated rings. The third-order valence-corrected chi connectivity index (χ3v) is 9.48. The van der Waals surface area contributed by atoms with Crippen LogP contribution >= 0.6 is 0 Å². The van der Waals surface area contributed by atoms with Crippen molar-refractivity contribution in [3.05, 3.63) is 61.0 Å². The summed E-state index contributed by atoms with van der Waals surface area (Å²) in [4.78, 5) is 53.0. The van der Waals surface area contributed by atoms with Crippen molar-refractivity contribution in [1.29, 1.82) is 0 Å². The minimum absolute atomic E-state index is 0.128. The maximum Gasteiger partial charge on any atom is 0.511 e. The van der Waals surface area contributed by atoms with E-state index in [1.54, 1.807) is 0 Å². The summed E-state index contributed by atoms with van der Waals surface area (Å²) in [6.07, 6.45) is -0.510. The van der Waals surface area contributed by atoms with Crippen LogP contribution in [-0.4, -0.2) is 67.1 Å². The number of amides is 1. The largest absolute Gasteiger partial charge is 0.511 e. The van der Waals surface area contributed by atoms with Crippen LogP contribution in [0.15, 0.2) is 49.6 Å². The van der Waals surface area contributed by atoms with Crippen LogP contribution < -0.4 is 5.32 Å². The highest BCUT2D eigenvalue weighted by molar-refractivity contribution is 5.94. The second-order valence-electron chi connectivity index (χ2n) is 13.1. The van der Waals surface area contributed by atoms with E-state index >= 15 is 4.39 Å². The molecule has 1 aromatic carbocycles. The molecule has 3 saturated carbocycles. The number of esters is 2. The molecule has 0 spiro atoms. The van der Waals surface area contributed by atoms with Gasteiger partial charge in [-0.15, -0.1) is 0 Å². The molecular formula is C35H45F2NO10. The number of ether oxygens (including phenoxy) is 6. The van der Waals surface area contributed by atoms with E-state index in [9.17, 15) is 23.6 Å². The van der Waals surface area contributed by atoms with Gasteiger partial charge in [0.2, 0.25) is 12.0 Å². The Labute approximate surface area is 279 Å². The normalized spacial score (nSPS) is 31.1. The maximum atomic E-state index is 16.5. The lowest BCUT2D eigenvalue weighted by atomic mass is 9.75. The molecular weight excluding hydrogens is 632 g/mol. The summed E-state index contributed by atoms with van der Waals surface area (Å²) < 4.78 is 62.6. The number of nitrogens with one attached hydrogen (secondary N) is 1. The molecule has 0 aliphatic heterocycles. The molecule has 0 saturated heterocycles. The first-order valence-corrected chi connectivity index (χ1v) is 16.2. The van der Waals surface area contributed by atoms with Gasteiger partial charge in [-0.25, -0.2) is 28.0 Å². The highest BCUT2D eigenvalue weighted by atomic mass is 19.1. The van der Waals surface area contributed by atoms with Crippen molar-refractivity contribution in [3.8, 4) is 0 Å². The van der Waals surface area contributed by atoms with Gasteiger partial charge < -0.3 is 33.7 Å². The number of hydrogen-bond donors (Lipinski definition) is 1. The summed E-state index contributed by atoms with van der Waals surface area (Å²) in [5, 5.41) is 2.42. The van der Waals surface area contributed by atoms with Gasteiger partial charge in [0.25, 0.3) is 0 Å². The zero-order chi connectivity index (χ0) is 35.2. The van der Waals surface area contributed by atoms with Crippen molar-refractivity contribution in [3.63, 3.8) is 0 Å². The molecule has 0 radical (unpaired) electrons. The van der Waals surface area contributed by atoms with Crippen molar-refractivity contribution in [2.75, 3.05) is 13.2 Å². The predicted molar refractivity (Wildman–Crippen MR) is 167 cm³/mol. The van der Waals surface area contributed by atoms with E-state index in [4.69, 9.17) is 28.4 Å². The first-order chi connectivity index (χ1) is 22.8. The molecule has 0 aromatic heterocycles. The fraction of sp³-hybridized carbons (Fsp3) is 0.600. The second kappa shape index (κ2) is 15.5. The third kappa shape index (κ3) is 7.82. The standard InChI is InChI=1S/C35H45F2NO10/c1-7-15-43-30(39)34(37)26-18-28(45-19-23-10-12-24(36)13-11-23)35(29(26)34,38-32(41)44-16-8-2)31(40)46-22(6)47-33(42)48-27-17-21(5)9-14-25(27)20(3)4/h7-8,10-13,20-22,25-29H,1-2,9,14-19H2,3-6H3,(H,38,41)/t21-,22?,25+,26+,27-,28+,29-,34+,35-/m0/s1. The SMILES string of the molecule is C=CCOC(=O)N[C@@]1(C(=O)OC(C)OC(=O)O[C@H]2C[C@@H](C)CC[C@@H]2C(C)C)[C@H](OCc2ccc(F)cc2)C[C@@H]2[C@H]1[C@@]2(F)C(=O)OCC=C. The molecule has 3 aliphatic carbocycles. The third-order valence-electron chi connectivity index (χ3n) is 9.48. The van der Waals surface area contributed by atoms with Gasteiger partial charge in [-0.1, -0.05) is 64.6 Å². The van der Waals surface area contributed by atoms with E-state index in [1.807, 2.05) is 0 Å². The average Bonchev–Trinajstić information content (AvgIpc) is 3.48. The zero-order valence-corrected chi connectivity index (χ0v) is 27.8. The molecule has 264 valence electrons. The summed E-state index contributed by atoms with van der Waals surface area (Å²) in [5.41, 5.74) is -4.52. The minimum Gasteiger partial charge on any atom is -0.459 e. The Bertz CT molecular complexity index is 1360. The van der Waals surface area contributed by atoms with Crippen LogP contribution in [0.25, 0.3) is 0 Å². The number of fused-ring (bicyclic) bond motifs is 1. The van der Waals surface area contributed by atoms with Gasteiger partial charge in [0.05, 0.1) is 12.7 Å². The first kappa shape index (κ1) is 36.8.